The lowest BCUT2D eigenvalue weighted by molar-refractivity contribution is -0.120. The summed E-state index contributed by atoms with van der Waals surface area (Å²) in [7, 11) is 1.62. The van der Waals surface area contributed by atoms with Crippen molar-refractivity contribution in [2.75, 3.05) is 7.11 Å². The summed E-state index contributed by atoms with van der Waals surface area (Å²) in [4.78, 5) is 16.8. The Bertz CT molecular complexity index is 798. The van der Waals surface area contributed by atoms with Gasteiger partial charge in [-0.15, -0.1) is 0 Å². The quantitative estimate of drug-likeness (QED) is 0.804. The number of aryl methyl sites for hydroxylation is 2. The van der Waals surface area contributed by atoms with Crippen LogP contribution in [0.3, 0.4) is 0 Å². The standard InChI is InChI=1S/C19H21N3O2S/c1-12-9-13(2)22-19(17(12)10-20)25-14(3)18(23)21-11-15-5-7-16(24-4)8-6-15/h5-9,14H,11H2,1-4H3,(H,21,23)/t14-/m1/s1. The van der Waals surface area contributed by atoms with Crippen LogP contribution in [-0.2, 0) is 11.3 Å². The highest BCUT2D eigenvalue weighted by Crippen LogP contribution is 2.27. The van der Waals surface area contributed by atoms with Gasteiger partial charge in [0.25, 0.3) is 0 Å². The van der Waals surface area contributed by atoms with Crippen LogP contribution in [0.4, 0.5) is 0 Å². The van der Waals surface area contributed by atoms with E-state index in [1.807, 2.05) is 51.1 Å². The SMILES string of the molecule is COc1ccc(CNC(=O)[C@@H](C)Sc2nc(C)cc(C)c2C#N)cc1. The van der Waals surface area contributed by atoms with Crippen molar-refractivity contribution in [2.24, 2.45) is 0 Å². The Kier molecular flexibility index (Phi) is 6.43. The number of nitriles is 1. The van der Waals surface area contributed by atoms with E-state index in [2.05, 4.69) is 16.4 Å². The number of carbonyl (C=O) groups excluding carboxylic acids is 1. The number of pyridine rings is 1. The lowest BCUT2D eigenvalue weighted by atomic mass is 10.1. The molecule has 0 fully saturated rings. The first-order chi connectivity index (χ1) is 11.9. The molecular weight excluding hydrogens is 334 g/mol. The Labute approximate surface area is 152 Å². The predicted molar refractivity (Wildman–Crippen MR) is 98.6 cm³/mol. The Morgan fingerprint density at radius 2 is 2.04 bits per heavy atom. The van der Waals surface area contributed by atoms with Gasteiger partial charge in [0, 0.05) is 12.2 Å². The van der Waals surface area contributed by atoms with Gasteiger partial charge in [-0.25, -0.2) is 4.98 Å². The van der Waals surface area contributed by atoms with Crippen molar-refractivity contribution in [3.8, 4) is 11.8 Å². The molecule has 1 aromatic heterocycles. The van der Waals surface area contributed by atoms with Crippen molar-refractivity contribution in [2.45, 2.75) is 37.6 Å². The number of methoxy groups -OCH3 is 1. The van der Waals surface area contributed by atoms with Crippen molar-refractivity contribution >= 4 is 17.7 Å². The number of nitrogens with one attached hydrogen (secondary N) is 1. The molecule has 0 aliphatic carbocycles. The third-order valence-corrected chi connectivity index (χ3v) is 4.79. The summed E-state index contributed by atoms with van der Waals surface area (Å²) >= 11 is 1.31. The molecule has 1 aromatic carbocycles. The average molecular weight is 355 g/mol. The molecule has 0 saturated heterocycles. The van der Waals surface area contributed by atoms with Gasteiger partial charge in [-0.3, -0.25) is 4.79 Å². The monoisotopic (exact) mass is 355 g/mol. The van der Waals surface area contributed by atoms with Crippen molar-refractivity contribution in [1.82, 2.24) is 10.3 Å². The first-order valence-corrected chi connectivity index (χ1v) is 8.78. The third-order valence-electron chi connectivity index (χ3n) is 3.71. The van der Waals surface area contributed by atoms with E-state index in [1.165, 1.54) is 11.8 Å². The maximum Gasteiger partial charge on any atom is 0.233 e. The second-order valence-corrected chi connectivity index (χ2v) is 7.03. The summed E-state index contributed by atoms with van der Waals surface area (Å²) in [6.07, 6.45) is 0. The molecule has 2 aromatic rings. The van der Waals surface area contributed by atoms with Crippen LogP contribution in [0.25, 0.3) is 0 Å². The minimum atomic E-state index is -0.348. The first-order valence-electron chi connectivity index (χ1n) is 7.90. The molecule has 1 atom stereocenters. The van der Waals surface area contributed by atoms with Gasteiger partial charge in [-0.1, -0.05) is 23.9 Å². The fourth-order valence-corrected chi connectivity index (χ4v) is 3.37. The molecule has 1 amide bonds. The topological polar surface area (TPSA) is 75.0 Å². The maximum atomic E-state index is 12.3. The number of thioether (sulfide) groups is 1. The maximum absolute atomic E-state index is 12.3. The lowest BCUT2D eigenvalue weighted by Crippen LogP contribution is -2.30. The molecule has 0 radical (unpaired) electrons. The van der Waals surface area contributed by atoms with Crippen LogP contribution in [0.1, 0.15) is 29.3 Å². The van der Waals surface area contributed by atoms with Crippen LogP contribution in [0.15, 0.2) is 35.4 Å². The molecule has 1 N–H and O–H groups in total. The number of nitrogens with zero attached hydrogens (tertiary/aromatic N) is 2. The van der Waals surface area contributed by atoms with Gasteiger partial charge in [-0.05, 0) is 50.1 Å². The molecule has 130 valence electrons. The summed E-state index contributed by atoms with van der Waals surface area (Å²) in [5, 5.41) is 12.5. The van der Waals surface area contributed by atoms with Crippen LogP contribution in [0.2, 0.25) is 0 Å². The van der Waals surface area contributed by atoms with E-state index in [-0.39, 0.29) is 11.2 Å². The van der Waals surface area contributed by atoms with Crippen molar-refractivity contribution < 1.29 is 9.53 Å². The second kappa shape index (κ2) is 8.54. The number of amides is 1. The molecule has 5 nitrogen and oxygen atoms in total. The molecule has 0 spiro atoms. The van der Waals surface area contributed by atoms with Crippen LogP contribution >= 0.6 is 11.8 Å². The molecule has 2 rings (SSSR count). The first kappa shape index (κ1) is 18.8. The molecule has 0 unspecified atom stereocenters. The van der Waals surface area contributed by atoms with Gasteiger partial charge in [0.2, 0.25) is 5.91 Å². The number of benzene rings is 1. The van der Waals surface area contributed by atoms with Gasteiger partial charge < -0.3 is 10.1 Å². The highest BCUT2D eigenvalue weighted by Gasteiger charge is 2.18. The Morgan fingerprint density at radius 1 is 1.36 bits per heavy atom. The van der Waals surface area contributed by atoms with E-state index < -0.39 is 0 Å². The normalized spacial score (nSPS) is 11.5. The van der Waals surface area contributed by atoms with Crippen LogP contribution in [0, 0.1) is 25.2 Å². The largest absolute Gasteiger partial charge is 0.497 e. The van der Waals surface area contributed by atoms with Gasteiger partial charge in [0.05, 0.1) is 17.9 Å². The van der Waals surface area contributed by atoms with Crippen molar-refractivity contribution in [3.63, 3.8) is 0 Å². The van der Waals surface area contributed by atoms with Crippen LogP contribution in [-0.4, -0.2) is 23.3 Å². The van der Waals surface area contributed by atoms with E-state index in [0.717, 1.165) is 22.6 Å². The number of rotatable bonds is 6. The molecule has 0 bridgehead atoms. The van der Waals surface area contributed by atoms with E-state index in [1.54, 1.807) is 7.11 Å². The molecule has 25 heavy (non-hydrogen) atoms. The zero-order valence-corrected chi connectivity index (χ0v) is 15.6. The van der Waals surface area contributed by atoms with Gasteiger partial charge >= 0.3 is 0 Å². The smallest absolute Gasteiger partial charge is 0.233 e. The molecule has 0 aliphatic rings. The lowest BCUT2D eigenvalue weighted by Gasteiger charge is -2.14. The Balaban J connectivity index is 1.99. The zero-order chi connectivity index (χ0) is 18.4. The van der Waals surface area contributed by atoms with E-state index in [9.17, 15) is 10.1 Å². The zero-order valence-electron chi connectivity index (χ0n) is 14.8. The number of carbonyl (C=O) groups is 1. The summed E-state index contributed by atoms with van der Waals surface area (Å²) in [5.41, 5.74) is 3.24. The Hall–Kier alpha value is -2.52. The minimum absolute atomic E-state index is 0.0920. The van der Waals surface area contributed by atoms with E-state index in [4.69, 9.17) is 4.74 Å². The summed E-state index contributed by atoms with van der Waals surface area (Å²) in [6, 6.07) is 11.6. The molecule has 0 aliphatic heterocycles. The van der Waals surface area contributed by atoms with Crippen molar-refractivity contribution in [3.05, 3.63) is 52.7 Å². The number of hydrogen-bond acceptors (Lipinski definition) is 5. The number of aromatic nitrogens is 1. The fraction of sp³-hybridized carbons (Fsp3) is 0.316. The highest BCUT2D eigenvalue weighted by atomic mass is 32.2. The summed E-state index contributed by atoms with van der Waals surface area (Å²) in [6.45, 7) is 6.02. The Morgan fingerprint density at radius 3 is 2.64 bits per heavy atom. The van der Waals surface area contributed by atoms with Crippen LogP contribution in [0.5, 0.6) is 5.75 Å². The molecular formula is C19H21N3O2S. The van der Waals surface area contributed by atoms with E-state index >= 15 is 0 Å². The summed E-state index contributed by atoms with van der Waals surface area (Å²) < 4.78 is 5.12. The molecule has 1 heterocycles. The van der Waals surface area contributed by atoms with Gasteiger partial charge in [0.1, 0.15) is 16.8 Å². The predicted octanol–water partition coefficient (Wildman–Crippen LogP) is 3.38. The molecule has 0 saturated carbocycles. The highest BCUT2D eigenvalue weighted by molar-refractivity contribution is 8.00. The van der Waals surface area contributed by atoms with Gasteiger partial charge in [-0.2, -0.15) is 5.26 Å². The second-order valence-electron chi connectivity index (χ2n) is 5.70. The van der Waals surface area contributed by atoms with Crippen LogP contribution < -0.4 is 10.1 Å². The third kappa shape index (κ3) is 4.97. The number of ether oxygens (including phenoxy) is 1. The summed E-state index contributed by atoms with van der Waals surface area (Å²) in [5.74, 6) is 0.689. The average Bonchev–Trinajstić information content (AvgIpc) is 2.59. The van der Waals surface area contributed by atoms with Gasteiger partial charge in [0.15, 0.2) is 0 Å². The van der Waals surface area contributed by atoms with E-state index in [0.29, 0.717) is 17.1 Å². The fourth-order valence-electron chi connectivity index (χ4n) is 2.32. The number of hydrogen-bond donors (Lipinski definition) is 1. The molecule has 6 heteroatoms. The minimum Gasteiger partial charge on any atom is -0.497 e. The van der Waals surface area contributed by atoms with Crippen molar-refractivity contribution in [1.29, 1.82) is 5.26 Å².